The zero-order valence-corrected chi connectivity index (χ0v) is 16.8. The van der Waals surface area contributed by atoms with E-state index in [-0.39, 0.29) is 25.0 Å². The first-order valence-electron chi connectivity index (χ1n) is 9.10. The molecule has 2 amide bonds. The SMILES string of the molecule is CCCNC(=O)Cn1nc2c(c1NC(=O)COc1ccc(OC)cc1)CSC2. The number of benzene rings is 1. The van der Waals surface area contributed by atoms with Crippen molar-refractivity contribution in [3.63, 3.8) is 0 Å². The maximum atomic E-state index is 12.4. The van der Waals surface area contributed by atoms with E-state index in [1.807, 2.05) is 6.92 Å². The Bertz CT molecular complexity index is 835. The minimum absolute atomic E-state index is 0.0760. The Labute approximate surface area is 168 Å². The lowest BCUT2D eigenvalue weighted by Gasteiger charge is -2.12. The fourth-order valence-electron chi connectivity index (χ4n) is 2.77. The number of carbonyl (C=O) groups excluding carboxylic acids is 2. The number of thioether (sulfide) groups is 1. The summed E-state index contributed by atoms with van der Waals surface area (Å²) in [4.78, 5) is 24.5. The molecule has 0 saturated heterocycles. The third kappa shape index (κ3) is 4.98. The molecule has 3 rings (SSSR count). The van der Waals surface area contributed by atoms with Crippen LogP contribution in [0.4, 0.5) is 5.82 Å². The largest absolute Gasteiger partial charge is 0.497 e. The van der Waals surface area contributed by atoms with Gasteiger partial charge in [0, 0.05) is 23.6 Å². The lowest BCUT2D eigenvalue weighted by atomic mass is 10.3. The minimum Gasteiger partial charge on any atom is -0.497 e. The van der Waals surface area contributed by atoms with E-state index in [0.717, 1.165) is 34.9 Å². The van der Waals surface area contributed by atoms with Gasteiger partial charge in [0.25, 0.3) is 5.91 Å². The average molecular weight is 404 g/mol. The molecule has 0 unspecified atom stereocenters. The Morgan fingerprint density at radius 2 is 1.93 bits per heavy atom. The third-order valence-corrected chi connectivity index (χ3v) is 5.14. The lowest BCUT2D eigenvalue weighted by Crippen LogP contribution is -2.30. The molecule has 9 heteroatoms. The van der Waals surface area contributed by atoms with E-state index in [4.69, 9.17) is 9.47 Å². The van der Waals surface area contributed by atoms with Crippen LogP contribution >= 0.6 is 11.8 Å². The molecule has 0 saturated carbocycles. The maximum absolute atomic E-state index is 12.4. The number of fused-ring (bicyclic) bond motifs is 1. The number of hydrogen-bond acceptors (Lipinski definition) is 6. The third-order valence-electron chi connectivity index (χ3n) is 4.17. The zero-order chi connectivity index (χ0) is 19.9. The number of rotatable bonds is 9. The lowest BCUT2D eigenvalue weighted by molar-refractivity contribution is -0.122. The van der Waals surface area contributed by atoms with E-state index in [0.29, 0.717) is 18.1 Å². The molecular weight excluding hydrogens is 380 g/mol. The van der Waals surface area contributed by atoms with Crippen LogP contribution in [-0.2, 0) is 27.6 Å². The maximum Gasteiger partial charge on any atom is 0.263 e. The van der Waals surface area contributed by atoms with E-state index in [1.165, 1.54) is 0 Å². The highest BCUT2D eigenvalue weighted by Gasteiger charge is 2.25. The first-order valence-corrected chi connectivity index (χ1v) is 10.3. The van der Waals surface area contributed by atoms with Crippen LogP contribution in [-0.4, -0.2) is 41.9 Å². The number of aromatic nitrogens is 2. The second kappa shape index (κ2) is 9.50. The van der Waals surface area contributed by atoms with Crippen molar-refractivity contribution in [1.29, 1.82) is 0 Å². The summed E-state index contributed by atoms with van der Waals surface area (Å²) in [5.74, 6) is 2.99. The van der Waals surface area contributed by atoms with E-state index < -0.39 is 0 Å². The topological polar surface area (TPSA) is 94.5 Å². The van der Waals surface area contributed by atoms with Crippen LogP contribution in [0.25, 0.3) is 0 Å². The number of ether oxygens (including phenoxy) is 2. The van der Waals surface area contributed by atoms with Crippen molar-refractivity contribution < 1.29 is 19.1 Å². The molecule has 0 radical (unpaired) electrons. The Hall–Kier alpha value is -2.68. The van der Waals surface area contributed by atoms with E-state index in [1.54, 1.807) is 47.8 Å². The van der Waals surface area contributed by atoms with Gasteiger partial charge in [-0.1, -0.05) is 6.92 Å². The first-order chi connectivity index (χ1) is 13.6. The zero-order valence-electron chi connectivity index (χ0n) is 16.0. The summed E-state index contributed by atoms with van der Waals surface area (Å²) in [6.45, 7) is 2.55. The van der Waals surface area contributed by atoms with Crippen molar-refractivity contribution in [3.05, 3.63) is 35.5 Å². The molecule has 1 aromatic carbocycles. The Morgan fingerprint density at radius 3 is 2.64 bits per heavy atom. The molecule has 2 heterocycles. The average Bonchev–Trinajstić information content (AvgIpc) is 3.28. The smallest absolute Gasteiger partial charge is 0.263 e. The Morgan fingerprint density at radius 1 is 1.18 bits per heavy atom. The van der Waals surface area contributed by atoms with Crippen LogP contribution in [0.1, 0.15) is 24.6 Å². The van der Waals surface area contributed by atoms with Gasteiger partial charge < -0.3 is 20.1 Å². The minimum atomic E-state index is -0.300. The van der Waals surface area contributed by atoms with Crippen molar-refractivity contribution in [1.82, 2.24) is 15.1 Å². The van der Waals surface area contributed by atoms with Crippen LogP contribution in [0.5, 0.6) is 11.5 Å². The quantitative estimate of drug-likeness (QED) is 0.665. The number of amides is 2. The van der Waals surface area contributed by atoms with Crippen LogP contribution in [0.3, 0.4) is 0 Å². The molecule has 1 aromatic heterocycles. The number of hydrogen-bond donors (Lipinski definition) is 2. The monoisotopic (exact) mass is 404 g/mol. The number of nitrogens with one attached hydrogen (secondary N) is 2. The Balaban J connectivity index is 1.63. The van der Waals surface area contributed by atoms with E-state index in [2.05, 4.69) is 15.7 Å². The molecule has 0 fully saturated rings. The van der Waals surface area contributed by atoms with Gasteiger partial charge in [-0.15, -0.1) is 0 Å². The molecule has 0 bridgehead atoms. The van der Waals surface area contributed by atoms with Gasteiger partial charge in [0.2, 0.25) is 5.91 Å². The van der Waals surface area contributed by atoms with Crippen molar-refractivity contribution in [2.45, 2.75) is 31.4 Å². The predicted molar refractivity (Wildman–Crippen MR) is 108 cm³/mol. The molecule has 0 aliphatic carbocycles. The number of methoxy groups -OCH3 is 1. The summed E-state index contributed by atoms with van der Waals surface area (Å²) in [6.07, 6.45) is 0.865. The second-order valence-electron chi connectivity index (χ2n) is 6.29. The summed E-state index contributed by atoms with van der Waals surface area (Å²) < 4.78 is 12.2. The molecule has 0 spiro atoms. The summed E-state index contributed by atoms with van der Waals surface area (Å²) in [6, 6.07) is 7.01. The highest BCUT2D eigenvalue weighted by atomic mass is 32.2. The molecule has 0 atom stereocenters. The summed E-state index contributed by atoms with van der Waals surface area (Å²) >= 11 is 1.74. The van der Waals surface area contributed by atoms with Gasteiger partial charge in [-0.05, 0) is 30.7 Å². The highest BCUT2D eigenvalue weighted by molar-refractivity contribution is 7.98. The van der Waals surface area contributed by atoms with Crippen molar-refractivity contribution in [3.8, 4) is 11.5 Å². The predicted octanol–water partition coefficient (Wildman–Crippen LogP) is 2.18. The fraction of sp³-hybridized carbons (Fsp3) is 0.421. The summed E-state index contributed by atoms with van der Waals surface area (Å²) in [5.41, 5.74) is 1.89. The standard InChI is InChI=1S/C19H24N4O4S/c1-3-8-20-17(24)9-23-19(15-11-28-12-16(15)22-23)21-18(25)10-27-14-6-4-13(26-2)5-7-14/h4-7H,3,8-12H2,1-2H3,(H,20,24)(H,21,25). The molecule has 2 N–H and O–H groups in total. The van der Waals surface area contributed by atoms with Crippen molar-refractivity contribution in [2.24, 2.45) is 0 Å². The van der Waals surface area contributed by atoms with Gasteiger partial charge in [0.15, 0.2) is 6.61 Å². The fourth-order valence-corrected chi connectivity index (χ4v) is 3.80. The molecule has 8 nitrogen and oxygen atoms in total. The van der Waals surface area contributed by atoms with Crippen molar-refractivity contribution in [2.75, 3.05) is 25.6 Å². The van der Waals surface area contributed by atoms with Crippen LogP contribution in [0, 0.1) is 0 Å². The van der Waals surface area contributed by atoms with Crippen LogP contribution < -0.4 is 20.1 Å². The van der Waals surface area contributed by atoms with E-state index >= 15 is 0 Å². The van der Waals surface area contributed by atoms with Gasteiger partial charge >= 0.3 is 0 Å². The molecule has 2 aromatic rings. The molecule has 1 aliphatic rings. The number of carbonyl (C=O) groups is 2. The number of anilines is 1. The van der Waals surface area contributed by atoms with Gasteiger partial charge in [0.1, 0.15) is 23.9 Å². The van der Waals surface area contributed by atoms with Gasteiger partial charge in [-0.2, -0.15) is 16.9 Å². The first kappa shape index (κ1) is 20.1. The normalized spacial score (nSPS) is 12.4. The van der Waals surface area contributed by atoms with E-state index in [9.17, 15) is 9.59 Å². The van der Waals surface area contributed by atoms with Crippen LogP contribution in [0.2, 0.25) is 0 Å². The van der Waals surface area contributed by atoms with Crippen molar-refractivity contribution >= 4 is 29.4 Å². The molecule has 28 heavy (non-hydrogen) atoms. The summed E-state index contributed by atoms with van der Waals surface area (Å²) in [5, 5.41) is 10.2. The highest BCUT2D eigenvalue weighted by Crippen LogP contribution is 2.34. The number of nitrogens with zero attached hydrogens (tertiary/aromatic N) is 2. The van der Waals surface area contributed by atoms with Gasteiger partial charge in [-0.3, -0.25) is 9.59 Å². The molecule has 150 valence electrons. The van der Waals surface area contributed by atoms with Crippen LogP contribution in [0.15, 0.2) is 24.3 Å². The molecular formula is C19H24N4O4S. The second-order valence-corrected chi connectivity index (χ2v) is 7.27. The molecule has 1 aliphatic heterocycles. The Kier molecular flexibility index (Phi) is 6.80. The summed E-state index contributed by atoms with van der Waals surface area (Å²) in [7, 11) is 1.59. The van der Waals surface area contributed by atoms with Gasteiger partial charge in [-0.25, -0.2) is 4.68 Å². The van der Waals surface area contributed by atoms with Gasteiger partial charge in [0.05, 0.1) is 12.8 Å².